The largest absolute Gasteiger partial charge is 0.467 e. The molecule has 6 aromatic rings. The van der Waals surface area contributed by atoms with Gasteiger partial charge in [-0.25, -0.2) is 0 Å². The Bertz CT molecular complexity index is 1920. The minimum atomic E-state index is 0.0187. The van der Waals surface area contributed by atoms with Crippen molar-refractivity contribution in [3.05, 3.63) is 108 Å². The number of halogens is 1. The minimum absolute atomic E-state index is 0.0187. The van der Waals surface area contributed by atoms with Crippen molar-refractivity contribution < 1.29 is 13.7 Å². The monoisotopic (exact) mass is 607 g/mol. The lowest BCUT2D eigenvalue weighted by molar-refractivity contribution is 0.0221. The summed E-state index contributed by atoms with van der Waals surface area (Å²) in [6.45, 7) is 9.43. The molecule has 0 bridgehead atoms. The summed E-state index contributed by atoms with van der Waals surface area (Å²) in [6, 6.07) is 30.8. The number of hydrogen-bond donors (Lipinski definition) is 0. The number of rotatable bonds is 9. The summed E-state index contributed by atoms with van der Waals surface area (Å²) in [6.07, 6.45) is 2.68. The lowest BCUT2D eigenvalue weighted by atomic mass is 9.84. The fourth-order valence-electron chi connectivity index (χ4n) is 5.51. The summed E-state index contributed by atoms with van der Waals surface area (Å²) < 4.78 is 18.7. The van der Waals surface area contributed by atoms with Gasteiger partial charge in [-0.3, -0.25) is 4.98 Å². The van der Waals surface area contributed by atoms with Gasteiger partial charge in [0.1, 0.15) is 11.5 Å². The van der Waals surface area contributed by atoms with E-state index in [1.165, 1.54) is 17.4 Å². The first-order valence-electron chi connectivity index (χ1n) is 14.5. The standard InChI is InChI=1S/C37H34ClNO3S/c1-5-40-23-41-36-31(19-24-11-9-10-14-28(24)32(36)22-37(2,3)4)35-34-29(17-18-39-35)30-21-26(38)16-15-25(30)20-33(34)42-43-27-12-7-6-8-13-27/h6-21H,5,22-23H2,1-4H3. The van der Waals surface area contributed by atoms with E-state index in [9.17, 15) is 0 Å². The number of fused-ring (bicyclic) bond motifs is 4. The van der Waals surface area contributed by atoms with E-state index < -0.39 is 0 Å². The van der Waals surface area contributed by atoms with E-state index in [2.05, 4.69) is 57.2 Å². The molecule has 0 spiro atoms. The summed E-state index contributed by atoms with van der Waals surface area (Å²) in [5.41, 5.74) is 2.85. The molecule has 1 heterocycles. The Labute approximate surface area is 262 Å². The quantitative estimate of drug-likeness (QED) is 0.0707. The molecule has 0 N–H and O–H groups in total. The van der Waals surface area contributed by atoms with Crippen molar-refractivity contribution in [2.24, 2.45) is 5.41 Å². The summed E-state index contributed by atoms with van der Waals surface area (Å²) in [4.78, 5) is 6.02. The van der Waals surface area contributed by atoms with Crippen LogP contribution >= 0.6 is 23.6 Å². The Balaban J connectivity index is 1.66. The van der Waals surface area contributed by atoms with Gasteiger partial charge in [0.15, 0.2) is 6.79 Å². The fraction of sp³-hybridized carbons (Fsp3) is 0.216. The second kappa shape index (κ2) is 12.5. The minimum Gasteiger partial charge on any atom is -0.467 e. The highest BCUT2D eigenvalue weighted by atomic mass is 35.5. The van der Waals surface area contributed by atoms with Crippen LogP contribution in [-0.4, -0.2) is 18.4 Å². The zero-order valence-corrected chi connectivity index (χ0v) is 26.4. The zero-order valence-electron chi connectivity index (χ0n) is 24.8. The molecule has 0 amide bonds. The van der Waals surface area contributed by atoms with Crippen LogP contribution in [0.3, 0.4) is 0 Å². The van der Waals surface area contributed by atoms with E-state index in [1.54, 1.807) is 0 Å². The number of pyridine rings is 1. The van der Waals surface area contributed by atoms with Crippen LogP contribution in [0, 0.1) is 5.41 Å². The van der Waals surface area contributed by atoms with Gasteiger partial charge < -0.3 is 13.7 Å². The van der Waals surface area contributed by atoms with Gasteiger partial charge >= 0.3 is 0 Å². The first-order chi connectivity index (χ1) is 20.8. The molecule has 0 aliphatic carbocycles. The summed E-state index contributed by atoms with van der Waals surface area (Å²) in [5.74, 6) is 1.51. The third kappa shape index (κ3) is 6.30. The van der Waals surface area contributed by atoms with Gasteiger partial charge in [-0.05, 0) is 88.2 Å². The lowest BCUT2D eigenvalue weighted by Crippen LogP contribution is -2.13. The average Bonchev–Trinajstić information content (AvgIpc) is 3.00. The molecule has 0 aliphatic rings. The van der Waals surface area contributed by atoms with Crippen LogP contribution in [-0.2, 0) is 11.2 Å². The Morgan fingerprint density at radius 3 is 2.37 bits per heavy atom. The second-order valence-electron chi connectivity index (χ2n) is 11.7. The number of nitrogens with zero attached hydrogens (tertiary/aromatic N) is 1. The Morgan fingerprint density at radius 2 is 1.58 bits per heavy atom. The number of hydrogen-bond acceptors (Lipinski definition) is 5. The predicted octanol–water partition coefficient (Wildman–Crippen LogP) is 10.9. The molecule has 0 saturated heterocycles. The van der Waals surface area contributed by atoms with Crippen molar-refractivity contribution in [2.45, 2.75) is 39.0 Å². The van der Waals surface area contributed by atoms with E-state index in [-0.39, 0.29) is 12.2 Å². The highest BCUT2D eigenvalue weighted by molar-refractivity contribution is 7.95. The maximum absolute atomic E-state index is 6.52. The summed E-state index contributed by atoms with van der Waals surface area (Å²) in [5, 5.41) is 6.96. The highest BCUT2D eigenvalue weighted by Crippen LogP contribution is 2.47. The van der Waals surface area contributed by atoms with Gasteiger partial charge in [-0.15, -0.1) is 0 Å². The van der Waals surface area contributed by atoms with Gasteiger partial charge in [-0.1, -0.05) is 80.9 Å². The molecule has 43 heavy (non-hydrogen) atoms. The Hall–Kier alpha value is -3.77. The molecular weight excluding hydrogens is 574 g/mol. The van der Waals surface area contributed by atoms with Gasteiger partial charge in [0.25, 0.3) is 0 Å². The van der Waals surface area contributed by atoms with Crippen molar-refractivity contribution in [1.82, 2.24) is 4.98 Å². The third-order valence-electron chi connectivity index (χ3n) is 7.32. The van der Waals surface area contributed by atoms with Crippen LogP contribution in [0.4, 0.5) is 0 Å². The Morgan fingerprint density at radius 1 is 0.814 bits per heavy atom. The van der Waals surface area contributed by atoms with Gasteiger partial charge in [0.2, 0.25) is 0 Å². The molecule has 0 aliphatic heterocycles. The van der Waals surface area contributed by atoms with E-state index in [0.717, 1.165) is 66.6 Å². The predicted molar refractivity (Wildman–Crippen MR) is 180 cm³/mol. The maximum Gasteiger partial charge on any atom is 0.189 e. The average molecular weight is 608 g/mol. The summed E-state index contributed by atoms with van der Waals surface area (Å²) in [7, 11) is 0. The molecule has 6 rings (SSSR count). The van der Waals surface area contributed by atoms with E-state index in [4.69, 9.17) is 30.2 Å². The molecule has 4 nitrogen and oxygen atoms in total. The Kier molecular flexibility index (Phi) is 8.49. The molecular formula is C37H34ClNO3S. The molecule has 6 heteroatoms. The normalized spacial score (nSPS) is 11.8. The fourth-order valence-corrected chi connectivity index (χ4v) is 6.27. The maximum atomic E-state index is 6.52. The zero-order chi connectivity index (χ0) is 30.0. The van der Waals surface area contributed by atoms with Crippen LogP contribution in [0.1, 0.15) is 33.3 Å². The molecule has 0 atom stereocenters. The van der Waals surface area contributed by atoms with Crippen molar-refractivity contribution in [1.29, 1.82) is 0 Å². The third-order valence-corrected chi connectivity index (χ3v) is 8.28. The van der Waals surface area contributed by atoms with Gasteiger partial charge in [-0.2, -0.15) is 0 Å². The number of ether oxygens (including phenoxy) is 2. The van der Waals surface area contributed by atoms with Crippen LogP contribution in [0.15, 0.2) is 102 Å². The molecule has 0 unspecified atom stereocenters. The van der Waals surface area contributed by atoms with Gasteiger partial charge in [0, 0.05) is 33.8 Å². The molecule has 1 aromatic heterocycles. The highest BCUT2D eigenvalue weighted by Gasteiger charge is 2.25. The van der Waals surface area contributed by atoms with Crippen molar-refractivity contribution >= 4 is 56.0 Å². The van der Waals surface area contributed by atoms with Crippen LogP contribution in [0.5, 0.6) is 11.5 Å². The summed E-state index contributed by atoms with van der Waals surface area (Å²) >= 11 is 7.85. The molecule has 0 saturated carbocycles. The van der Waals surface area contributed by atoms with Crippen LogP contribution in [0.2, 0.25) is 5.02 Å². The van der Waals surface area contributed by atoms with Crippen LogP contribution < -0.4 is 8.92 Å². The van der Waals surface area contributed by atoms with Crippen molar-refractivity contribution in [3.63, 3.8) is 0 Å². The first kappa shape index (κ1) is 29.3. The lowest BCUT2D eigenvalue weighted by Gasteiger charge is -2.25. The van der Waals surface area contributed by atoms with Gasteiger partial charge in [0.05, 0.1) is 23.1 Å². The molecule has 5 aromatic carbocycles. The topological polar surface area (TPSA) is 40.6 Å². The SMILES string of the molecule is CCOCOc1c(-c2nccc3c2c(OSc2ccccc2)cc2ccc(Cl)cc23)cc2ccccc2c1CC(C)(C)C. The number of aromatic nitrogens is 1. The molecule has 0 radical (unpaired) electrons. The molecule has 0 fully saturated rings. The number of benzene rings is 5. The van der Waals surface area contributed by atoms with Crippen molar-refractivity contribution in [3.8, 4) is 22.8 Å². The van der Waals surface area contributed by atoms with E-state index in [0.29, 0.717) is 11.6 Å². The van der Waals surface area contributed by atoms with Crippen molar-refractivity contribution in [2.75, 3.05) is 13.4 Å². The smallest absolute Gasteiger partial charge is 0.189 e. The second-order valence-corrected chi connectivity index (χ2v) is 13.0. The first-order valence-corrected chi connectivity index (χ1v) is 15.6. The van der Waals surface area contributed by atoms with E-state index in [1.807, 2.05) is 67.7 Å². The van der Waals surface area contributed by atoms with Crippen LogP contribution in [0.25, 0.3) is 43.6 Å². The van der Waals surface area contributed by atoms with E-state index >= 15 is 0 Å². The molecule has 218 valence electrons.